The number of nitrogens with zero attached hydrogens (tertiary/aromatic N) is 5. The quantitative estimate of drug-likeness (QED) is 0.531. The lowest BCUT2D eigenvalue weighted by atomic mass is 9.99. The Morgan fingerprint density at radius 1 is 1.03 bits per heavy atom. The van der Waals surface area contributed by atoms with Crippen LogP contribution in [0, 0.1) is 6.92 Å². The number of likely N-dealkylation sites (tertiary alicyclic amines) is 1. The Hall–Kier alpha value is -3.31. The number of piperidine rings is 2. The SMILES string of the molecule is CC(=O)N1CCC(Nc2ncc3cc(-c4ccccc4C)c(=O)n(C4CCN(S(C)(=O)=O)CC4)c3n2)CC1. The summed E-state index contributed by atoms with van der Waals surface area (Å²) in [6.07, 6.45) is 5.61. The van der Waals surface area contributed by atoms with Gasteiger partial charge in [0.2, 0.25) is 21.9 Å². The van der Waals surface area contributed by atoms with Gasteiger partial charge in [-0.3, -0.25) is 14.2 Å². The van der Waals surface area contributed by atoms with Crippen LogP contribution in [0.4, 0.5) is 5.95 Å². The molecule has 0 atom stereocenters. The number of hydrogen-bond acceptors (Lipinski definition) is 7. The van der Waals surface area contributed by atoms with Crippen LogP contribution in [0.5, 0.6) is 0 Å². The van der Waals surface area contributed by atoms with Crippen molar-refractivity contribution >= 4 is 32.9 Å². The molecule has 4 heterocycles. The second-order valence-corrected chi connectivity index (χ2v) is 12.3. The number of aromatic nitrogens is 3. The molecule has 1 amide bonds. The van der Waals surface area contributed by atoms with E-state index in [1.807, 2.05) is 42.2 Å². The third-order valence-electron chi connectivity index (χ3n) is 7.74. The number of nitrogens with one attached hydrogen (secondary N) is 1. The van der Waals surface area contributed by atoms with Gasteiger partial charge in [-0.1, -0.05) is 24.3 Å². The standard InChI is InChI=1S/C27H34N6O4S/c1-18-6-4-5-7-23(18)24-16-20-17-28-27(29-21-8-12-31(13-9-21)19(2)34)30-25(20)33(26(24)35)22-10-14-32(15-11-22)38(3,36)37/h4-7,16-17,21-22H,8-15H2,1-3H3,(H,28,29,30). The van der Waals surface area contributed by atoms with Crippen molar-refractivity contribution in [2.24, 2.45) is 0 Å². The first-order valence-electron chi connectivity index (χ1n) is 13.1. The van der Waals surface area contributed by atoms with E-state index in [1.165, 1.54) is 10.6 Å². The molecule has 2 saturated heterocycles. The molecule has 38 heavy (non-hydrogen) atoms. The van der Waals surface area contributed by atoms with Crippen molar-refractivity contribution in [3.05, 3.63) is 52.4 Å². The van der Waals surface area contributed by atoms with Crippen molar-refractivity contribution < 1.29 is 13.2 Å². The van der Waals surface area contributed by atoms with E-state index in [4.69, 9.17) is 4.98 Å². The third-order valence-corrected chi connectivity index (χ3v) is 9.04. The predicted octanol–water partition coefficient (Wildman–Crippen LogP) is 2.79. The van der Waals surface area contributed by atoms with E-state index in [-0.39, 0.29) is 23.6 Å². The van der Waals surface area contributed by atoms with Crippen LogP contribution in [-0.4, -0.2) is 76.5 Å². The molecular formula is C27H34N6O4S. The molecule has 2 fully saturated rings. The lowest BCUT2D eigenvalue weighted by molar-refractivity contribution is -0.129. The molecule has 1 aromatic carbocycles. The molecule has 0 radical (unpaired) electrons. The van der Waals surface area contributed by atoms with E-state index >= 15 is 0 Å². The van der Waals surface area contributed by atoms with Gasteiger partial charge in [-0.25, -0.2) is 17.7 Å². The van der Waals surface area contributed by atoms with Gasteiger partial charge in [0.1, 0.15) is 5.65 Å². The van der Waals surface area contributed by atoms with Crippen LogP contribution in [0.25, 0.3) is 22.2 Å². The Bertz CT molecular complexity index is 1520. The topological polar surface area (TPSA) is 117 Å². The number of amides is 1. The molecule has 2 aliphatic rings. The van der Waals surface area contributed by atoms with Crippen LogP contribution in [-0.2, 0) is 14.8 Å². The summed E-state index contributed by atoms with van der Waals surface area (Å²) in [7, 11) is -3.29. The maximum Gasteiger partial charge on any atom is 0.260 e. The summed E-state index contributed by atoms with van der Waals surface area (Å²) in [5, 5.41) is 4.16. The van der Waals surface area contributed by atoms with Crippen LogP contribution in [0.15, 0.2) is 41.3 Å². The van der Waals surface area contributed by atoms with Crippen LogP contribution >= 0.6 is 0 Å². The van der Waals surface area contributed by atoms with Crippen molar-refractivity contribution in [3.8, 4) is 11.1 Å². The van der Waals surface area contributed by atoms with Crippen molar-refractivity contribution in [1.82, 2.24) is 23.7 Å². The molecule has 11 heteroatoms. The first kappa shape index (κ1) is 26.3. The number of sulfonamides is 1. The van der Waals surface area contributed by atoms with E-state index in [0.717, 1.165) is 29.4 Å². The average Bonchev–Trinajstić information content (AvgIpc) is 2.89. The highest BCUT2D eigenvalue weighted by atomic mass is 32.2. The fourth-order valence-corrected chi connectivity index (χ4v) is 6.42. The Morgan fingerprint density at radius 3 is 2.34 bits per heavy atom. The molecule has 3 aromatic rings. The van der Waals surface area contributed by atoms with Gasteiger partial charge in [-0.2, -0.15) is 4.98 Å². The van der Waals surface area contributed by atoms with Gasteiger partial charge >= 0.3 is 0 Å². The highest BCUT2D eigenvalue weighted by Crippen LogP contribution is 2.29. The molecule has 0 bridgehead atoms. The van der Waals surface area contributed by atoms with Gasteiger partial charge in [0, 0.05) is 62.3 Å². The summed E-state index contributed by atoms with van der Waals surface area (Å²) in [4.78, 5) is 36.9. The van der Waals surface area contributed by atoms with E-state index in [1.54, 1.807) is 17.7 Å². The fraction of sp³-hybridized carbons (Fsp3) is 0.481. The number of rotatable bonds is 5. The molecule has 10 nitrogen and oxygen atoms in total. The van der Waals surface area contributed by atoms with Gasteiger partial charge in [-0.15, -0.1) is 0 Å². The van der Waals surface area contributed by atoms with Gasteiger partial charge in [0.15, 0.2) is 0 Å². The zero-order valence-corrected chi connectivity index (χ0v) is 22.9. The van der Waals surface area contributed by atoms with Crippen LogP contribution in [0.1, 0.15) is 44.2 Å². The summed E-state index contributed by atoms with van der Waals surface area (Å²) in [6, 6.07) is 9.59. The summed E-state index contributed by atoms with van der Waals surface area (Å²) in [5.74, 6) is 0.532. The van der Waals surface area contributed by atoms with E-state index in [0.29, 0.717) is 56.2 Å². The van der Waals surface area contributed by atoms with Crippen molar-refractivity contribution in [1.29, 1.82) is 0 Å². The number of aryl methyl sites for hydroxylation is 1. The molecule has 0 saturated carbocycles. The van der Waals surface area contributed by atoms with Crippen LogP contribution in [0.2, 0.25) is 0 Å². The molecule has 202 valence electrons. The number of pyridine rings is 1. The molecule has 0 unspecified atom stereocenters. The Morgan fingerprint density at radius 2 is 1.71 bits per heavy atom. The normalized spacial score (nSPS) is 18.1. The minimum Gasteiger partial charge on any atom is -0.351 e. The molecular weight excluding hydrogens is 504 g/mol. The van der Waals surface area contributed by atoms with Gasteiger partial charge < -0.3 is 10.2 Å². The lowest BCUT2D eigenvalue weighted by Crippen LogP contribution is -2.41. The lowest BCUT2D eigenvalue weighted by Gasteiger charge is -2.32. The Kier molecular flexibility index (Phi) is 7.23. The number of carbonyl (C=O) groups excluding carboxylic acids is 1. The van der Waals surface area contributed by atoms with Gasteiger partial charge in [-0.05, 0) is 49.8 Å². The Labute approximate surface area is 222 Å². The molecule has 2 aromatic heterocycles. The zero-order valence-electron chi connectivity index (χ0n) is 22.1. The van der Waals surface area contributed by atoms with Gasteiger partial charge in [0.25, 0.3) is 5.56 Å². The molecule has 2 aliphatic heterocycles. The monoisotopic (exact) mass is 538 g/mol. The first-order valence-corrected chi connectivity index (χ1v) is 14.9. The predicted molar refractivity (Wildman–Crippen MR) is 148 cm³/mol. The third kappa shape index (κ3) is 5.30. The highest BCUT2D eigenvalue weighted by Gasteiger charge is 2.29. The van der Waals surface area contributed by atoms with E-state index in [2.05, 4.69) is 10.3 Å². The Balaban J connectivity index is 1.53. The largest absolute Gasteiger partial charge is 0.351 e. The first-order chi connectivity index (χ1) is 18.1. The second kappa shape index (κ2) is 10.5. The summed E-state index contributed by atoms with van der Waals surface area (Å²) >= 11 is 0. The molecule has 0 aliphatic carbocycles. The maximum atomic E-state index is 14.0. The molecule has 5 rings (SSSR count). The smallest absolute Gasteiger partial charge is 0.260 e. The number of fused-ring (bicyclic) bond motifs is 1. The van der Waals surface area contributed by atoms with Crippen LogP contribution in [0.3, 0.4) is 0 Å². The van der Waals surface area contributed by atoms with Crippen LogP contribution < -0.4 is 10.9 Å². The molecule has 0 spiro atoms. The fourth-order valence-electron chi connectivity index (χ4n) is 5.55. The van der Waals surface area contributed by atoms with E-state index < -0.39 is 10.0 Å². The minimum absolute atomic E-state index is 0.0841. The second-order valence-electron chi connectivity index (χ2n) is 10.3. The van der Waals surface area contributed by atoms with Crippen molar-refractivity contribution in [3.63, 3.8) is 0 Å². The number of benzene rings is 1. The summed E-state index contributed by atoms with van der Waals surface area (Å²) in [5.41, 5.74) is 2.86. The van der Waals surface area contributed by atoms with E-state index in [9.17, 15) is 18.0 Å². The van der Waals surface area contributed by atoms with Gasteiger partial charge in [0.05, 0.1) is 6.26 Å². The summed E-state index contributed by atoms with van der Waals surface area (Å²) in [6.45, 7) is 5.65. The summed E-state index contributed by atoms with van der Waals surface area (Å²) < 4.78 is 27.4. The highest BCUT2D eigenvalue weighted by molar-refractivity contribution is 7.88. The molecule has 1 N–H and O–H groups in total. The minimum atomic E-state index is -3.29. The number of hydrogen-bond donors (Lipinski definition) is 1. The maximum absolute atomic E-state index is 14.0. The number of anilines is 1. The zero-order chi connectivity index (χ0) is 27.0. The number of carbonyl (C=O) groups is 1. The average molecular weight is 539 g/mol. The van der Waals surface area contributed by atoms with Crippen molar-refractivity contribution in [2.75, 3.05) is 37.8 Å². The van der Waals surface area contributed by atoms with Crippen molar-refractivity contribution in [2.45, 2.75) is 51.6 Å².